The fourth-order valence-corrected chi connectivity index (χ4v) is 2.17. The first-order valence-corrected chi connectivity index (χ1v) is 6.16. The summed E-state index contributed by atoms with van der Waals surface area (Å²) in [5, 5.41) is 2.53. The van der Waals surface area contributed by atoms with Gasteiger partial charge in [-0.05, 0) is 25.5 Å². The third-order valence-corrected chi connectivity index (χ3v) is 3.23. The highest BCUT2D eigenvalue weighted by atomic mass is 19.1. The molecular formula is C13H16F2N2O2. The molecule has 0 heterocycles. The molecule has 3 atom stereocenters. The molecule has 1 aliphatic carbocycles. The number of nitrogens with two attached hydrogens (primary N) is 1. The van der Waals surface area contributed by atoms with Gasteiger partial charge in [0, 0.05) is 12.6 Å². The second-order valence-corrected chi connectivity index (χ2v) is 4.49. The first-order chi connectivity index (χ1) is 9.04. The maximum absolute atomic E-state index is 13.5. The van der Waals surface area contributed by atoms with Gasteiger partial charge in [0.15, 0.2) is 0 Å². The Labute approximate surface area is 109 Å². The number of carbonyl (C=O) groups excluding carboxylic acids is 1. The Morgan fingerprint density at radius 2 is 2.11 bits per heavy atom. The summed E-state index contributed by atoms with van der Waals surface area (Å²) in [7, 11) is 0. The van der Waals surface area contributed by atoms with Gasteiger partial charge in [0.25, 0.3) is 5.91 Å². The van der Waals surface area contributed by atoms with Crippen LogP contribution in [0.25, 0.3) is 0 Å². The molecule has 0 aliphatic heterocycles. The molecule has 3 unspecified atom stereocenters. The molecule has 0 spiro atoms. The summed E-state index contributed by atoms with van der Waals surface area (Å²) >= 11 is 0. The van der Waals surface area contributed by atoms with E-state index in [-0.39, 0.29) is 12.1 Å². The lowest BCUT2D eigenvalue weighted by Gasteiger charge is -2.42. The minimum absolute atomic E-state index is 0.196. The fourth-order valence-electron chi connectivity index (χ4n) is 2.17. The van der Waals surface area contributed by atoms with E-state index in [1.165, 1.54) is 6.07 Å². The molecule has 1 aromatic carbocycles. The largest absolute Gasteiger partial charge is 0.376 e. The Bertz CT molecular complexity index is 459. The Kier molecular flexibility index (Phi) is 4.11. The van der Waals surface area contributed by atoms with Crippen molar-refractivity contribution in [3.05, 3.63) is 35.4 Å². The number of rotatable bonds is 4. The van der Waals surface area contributed by atoms with Crippen LogP contribution in [-0.4, -0.2) is 30.7 Å². The van der Waals surface area contributed by atoms with Crippen LogP contribution in [0.15, 0.2) is 18.2 Å². The van der Waals surface area contributed by atoms with Crippen LogP contribution in [0.2, 0.25) is 0 Å². The third-order valence-electron chi connectivity index (χ3n) is 3.23. The lowest BCUT2D eigenvalue weighted by molar-refractivity contribution is -0.0301. The Morgan fingerprint density at radius 1 is 1.47 bits per heavy atom. The summed E-state index contributed by atoms with van der Waals surface area (Å²) in [5.74, 6) is -2.59. The van der Waals surface area contributed by atoms with Crippen molar-refractivity contribution >= 4 is 5.91 Å². The van der Waals surface area contributed by atoms with Gasteiger partial charge >= 0.3 is 0 Å². The van der Waals surface area contributed by atoms with E-state index < -0.39 is 29.1 Å². The molecule has 4 nitrogen and oxygen atoms in total. The number of nitrogens with one attached hydrogen (secondary N) is 1. The minimum atomic E-state index is -0.890. The topological polar surface area (TPSA) is 64.3 Å². The van der Waals surface area contributed by atoms with Gasteiger partial charge < -0.3 is 15.8 Å². The first-order valence-electron chi connectivity index (χ1n) is 6.16. The lowest BCUT2D eigenvalue weighted by atomic mass is 9.83. The van der Waals surface area contributed by atoms with Crippen LogP contribution in [0, 0.1) is 11.6 Å². The highest BCUT2D eigenvalue weighted by molar-refractivity contribution is 5.95. The standard InChI is InChI=1S/C13H16F2N2O2/c1-2-19-10-6-9(16)12(10)17-13(18)11-7(14)4-3-5-8(11)15/h3-5,9-10,12H,2,6,16H2,1H3,(H,17,18). The molecule has 6 heteroatoms. The lowest BCUT2D eigenvalue weighted by Crippen LogP contribution is -2.64. The van der Waals surface area contributed by atoms with Crippen LogP contribution in [0.4, 0.5) is 8.78 Å². The van der Waals surface area contributed by atoms with Crippen molar-refractivity contribution < 1.29 is 18.3 Å². The monoisotopic (exact) mass is 270 g/mol. The third kappa shape index (κ3) is 2.74. The van der Waals surface area contributed by atoms with Crippen LogP contribution in [0.3, 0.4) is 0 Å². The number of carbonyl (C=O) groups is 1. The molecule has 0 aromatic heterocycles. The molecule has 1 aromatic rings. The summed E-state index contributed by atoms with van der Waals surface area (Å²) in [6.45, 7) is 2.33. The van der Waals surface area contributed by atoms with Crippen molar-refractivity contribution in [3.8, 4) is 0 Å². The number of benzene rings is 1. The van der Waals surface area contributed by atoms with E-state index >= 15 is 0 Å². The molecule has 104 valence electrons. The van der Waals surface area contributed by atoms with Crippen LogP contribution >= 0.6 is 0 Å². The quantitative estimate of drug-likeness (QED) is 0.864. The second-order valence-electron chi connectivity index (χ2n) is 4.49. The molecule has 0 bridgehead atoms. The van der Waals surface area contributed by atoms with E-state index in [0.29, 0.717) is 13.0 Å². The molecule has 0 saturated heterocycles. The van der Waals surface area contributed by atoms with Crippen molar-refractivity contribution in [1.82, 2.24) is 5.32 Å². The second kappa shape index (κ2) is 5.63. The number of hydrogen-bond donors (Lipinski definition) is 2. The van der Waals surface area contributed by atoms with Gasteiger partial charge in [-0.2, -0.15) is 0 Å². The van der Waals surface area contributed by atoms with Crippen LogP contribution in [0.5, 0.6) is 0 Å². The van der Waals surface area contributed by atoms with Crippen molar-refractivity contribution in [1.29, 1.82) is 0 Å². The number of halogens is 2. The number of amides is 1. The van der Waals surface area contributed by atoms with Crippen molar-refractivity contribution in [2.75, 3.05) is 6.61 Å². The number of hydrogen-bond acceptors (Lipinski definition) is 3. The Balaban J connectivity index is 2.09. The van der Waals surface area contributed by atoms with E-state index in [1.807, 2.05) is 6.92 Å². The molecular weight excluding hydrogens is 254 g/mol. The van der Waals surface area contributed by atoms with Crippen molar-refractivity contribution in [3.63, 3.8) is 0 Å². The van der Waals surface area contributed by atoms with Gasteiger partial charge in [-0.3, -0.25) is 4.79 Å². The highest BCUT2D eigenvalue weighted by Crippen LogP contribution is 2.23. The number of ether oxygens (including phenoxy) is 1. The van der Waals surface area contributed by atoms with Gasteiger partial charge in [0.1, 0.15) is 17.2 Å². The minimum Gasteiger partial charge on any atom is -0.376 e. The zero-order valence-electron chi connectivity index (χ0n) is 10.5. The van der Waals surface area contributed by atoms with Crippen LogP contribution in [-0.2, 0) is 4.74 Å². The van der Waals surface area contributed by atoms with Gasteiger partial charge in [0.05, 0.1) is 12.1 Å². The zero-order valence-corrected chi connectivity index (χ0v) is 10.5. The fraction of sp³-hybridized carbons (Fsp3) is 0.462. The van der Waals surface area contributed by atoms with E-state index in [9.17, 15) is 13.6 Å². The molecule has 1 saturated carbocycles. The zero-order chi connectivity index (χ0) is 14.0. The smallest absolute Gasteiger partial charge is 0.257 e. The van der Waals surface area contributed by atoms with Gasteiger partial charge in [-0.15, -0.1) is 0 Å². The highest BCUT2D eigenvalue weighted by Gasteiger charge is 2.40. The van der Waals surface area contributed by atoms with E-state index in [2.05, 4.69) is 5.32 Å². The van der Waals surface area contributed by atoms with Gasteiger partial charge in [-0.1, -0.05) is 6.07 Å². The van der Waals surface area contributed by atoms with Crippen LogP contribution in [0.1, 0.15) is 23.7 Å². The molecule has 0 radical (unpaired) electrons. The molecule has 3 N–H and O–H groups in total. The average Bonchev–Trinajstić information content (AvgIpc) is 2.36. The van der Waals surface area contributed by atoms with Crippen LogP contribution < -0.4 is 11.1 Å². The molecule has 19 heavy (non-hydrogen) atoms. The van der Waals surface area contributed by atoms with E-state index in [1.54, 1.807) is 0 Å². The molecule has 1 fully saturated rings. The maximum Gasteiger partial charge on any atom is 0.257 e. The van der Waals surface area contributed by atoms with E-state index in [4.69, 9.17) is 10.5 Å². The molecule has 2 rings (SSSR count). The maximum atomic E-state index is 13.5. The SMILES string of the molecule is CCOC1CC(N)C1NC(=O)c1c(F)cccc1F. The van der Waals surface area contributed by atoms with Gasteiger partial charge in [0.2, 0.25) is 0 Å². The Morgan fingerprint density at radius 3 is 2.63 bits per heavy atom. The van der Waals surface area contributed by atoms with Crippen molar-refractivity contribution in [2.45, 2.75) is 31.5 Å². The predicted octanol–water partition coefficient (Wildman–Crippen LogP) is 1.20. The normalized spacial score (nSPS) is 25.8. The average molecular weight is 270 g/mol. The first kappa shape index (κ1) is 13.9. The Hall–Kier alpha value is -1.53. The molecule has 1 aliphatic rings. The molecule has 1 amide bonds. The summed E-state index contributed by atoms with van der Waals surface area (Å²) in [5.41, 5.74) is 5.18. The van der Waals surface area contributed by atoms with Gasteiger partial charge in [-0.25, -0.2) is 8.78 Å². The summed E-state index contributed by atoms with van der Waals surface area (Å²) < 4.78 is 32.3. The van der Waals surface area contributed by atoms with Crippen molar-refractivity contribution in [2.24, 2.45) is 5.73 Å². The summed E-state index contributed by atoms with van der Waals surface area (Å²) in [6.07, 6.45) is 0.428. The summed E-state index contributed by atoms with van der Waals surface area (Å²) in [4.78, 5) is 11.9. The van der Waals surface area contributed by atoms with E-state index in [0.717, 1.165) is 12.1 Å². The summed E-state index contributed by atoms with van der Waals surface area (Å²) in [6, 6.07) is 2.62. The predicted molar refractivity (Wildman–Crippen MR) is 65.6 cm³/mol.